The van der Waals surface area contributed by atoms with Crippen LogP contribution in [0.5, 0.6) is 0 Å². The van der Waals surface area contributed by atoms with Gasteiger partial charge in [0.05, 0.1) is 12.2 Å². The molecule has 0 aliphatic carbocycles. The first-order valence-electron chi connectivity index (χ1n) is 6.93. The fourth-order valence-corrected chi connectivity index (χ4v) is 3.00. The molecular formula is C14H14N4O4S. The first-order chi connectivity index (χ1) is 11.0. The van der Waals surface area contributed by atoms with E-state index in [1.54, 1.807) is 30.7 Å². The van der Waals surface area contributed by atoms with Gasteiger partial charge in [0.1, 0.15) is 5.69 Å². The van der Waals surface area contributed by atoms with Gasteiger partial charge in [0.25, 0.3) is 0 Å². The van der Waals surface area contributed by atoms with Crippen molar-refractivity contribution < 1.29 is 18.8 Å². The molecule has 0 saturated carbocycles. The Morgan fingerprint density at radius 2 is 2.30 bits per heavy atom. The highest BCUT2D eigenvalue weighted by Crippen LogP contribution is 2.25. The number of urea groups is 1. The van der Waals surface area contributed by atoms with Crippen LogP contribution in [0.15, 0.2) is 28.2 Å². The number of hydrogen-bond acceptors (Lipinski definition) is 6. The molecule has 1 fully saturated rings. The number of furan rings is 1. The van der Waals surface area contributed by atoms with Gasteiger partial charge < -0.3 is 15.1 Å². The van der Waals surface area contributed by atoms with Gasteiger partial charge in [0.2, 0.25) is 11.8 Å². The molecule has 3 N–H and O–H groups in total. The van der Waals surface area contributed by atoms with E-state index >= 15 is 0 Å². The summed E-state index contributed by atoms with van der Waals surface area (Å²) >= 11 is 1.27. The molecule has 3 heterocycles. The summed E-state index contributed by atoms with van der Waals surface area (Å²) in [5.41, 5.74) is 0.631. The molecule has 2 unspecified atom stereocenters. The molecular weight excluding hydrogens is 320 g/mol. The van der Waals surface area contributed by atoms with Crippen molar-refractivity contribution in [3.05, 3.63) is 23.8 Å². The van der Waals surface area contributed by atoms with Gasteiger partial charge >= 0.3 is 6.03 Å². The second-order valence-corrected chi connectivity index (χ2v) is 5.98. The third-order valence-electron chi connectivity index (χ3n) is 3.47. The van der Waals surface area contributed by atoms with Crippen LogP contribution in [0.4, 0.5) is 9.93 Å². The lowest BCUT2D eigenvalue weighted by molar-refractivity contribution is -0.129. The van der Waals surface area contributed by atoms with E-state index in [0.29, 0.717) is 16.6 Å². The topological polar surface area (TPSA) is 113 Å². The van der Waals surface area contributed by atoms with Crippen molar-refractivity contribution in [2.24, 2.45) is 5.92 Å². The molecule has 2 aromatic rings. The van der Waals surface area contributed by atoms with Crippen LogP contribution in [0.25, 0.3) is 11.5 Å². The van der Waals surface area contributed by atoms with Crippen molar-refractivity contribution in [3.63, 3.8) is 0 Å². The van der Waals surface area contributed by atoms with Gasteiger partial charge in [0, 0.05) is 17.8 Å². The van der Waals surface area contributed by atoms with Gasteiger partial charge in [-0.05, 0) is 19.1 Å². The number of imide groups is 1. The van der Waals surface area contributed by atoms with Crippen molar-refractivity contribution >= 4 is 34.3 Å². The molecule has 120 valence electrons. The lowest BCUT2D eigenvalue weighted by Gasteiger charge is -2.28. The zero-order valence-electron chi connectivity index (χ0n) is 12.2. The molecule has 9 heteroatoms. The molecule has 0 spiro atoms. The summed E-state index contributed by atoms with van der Waals surface area (Å²) in [5, 5.41) is 9.58. The minimum absolute atomic E-state index is 0.0387. The van der Waals surface area contributed by atoms with Crippen molar-refractivity contribution in [2.75, 3.05) is 5.32 Å². The number of anilines is 1. The van der Waals surface area contributed by atoms with Gasteiger partial charge in [-0.15, -0.1) is 11.3 Å². The van der Waals surface area contributed by atoms with Crippen molar-refractivity contribution in [1.82, 2.24) is 15.6 Å². The third kappa shape index (κ3) is 3.39. The van der Waals surface area contributed by atoms with Crippen LogP contribution < -0.4 is 16.0 Å². The Labute approximate surface area is 135 Å². The van der Waals surface area contributed by atoms with Gasteiger partial charge in [-0.3, -0.25) is 14.9 Å². The Hall–Kier alpha value is -2.68. The summed E-state index contributed by atoms with van der Waals surface area (Å²) in [6, 6.07) is 2.58. The Kier molecular flexibility index (Phi) is 4.11. The van der Waals surface area contributed by atoms with Crippen LogP contribution in [0.1, 0.15) is 13.3 Å². The zero-order chi connectivity index (χ0) is 16.4. The maximum Gasteiger partial charge on any atom is 0.321 e. The summed E-state index contributed by atoms with van der Waals surface area (Å²) in [5.74, 6) is -0.790. The highest BCUT2D eigenvalue weighted by atomic mass is 32.1. The van der Waals surface area contributed by atoms with Gasteiger partial charge in [-0.2, -0.15) is 0 Å². The molecule has 1 aliphatic rings. The molecule has 8 nitrogen and oxygen atoms in total. The molecule has 2 aromatic heterocycles. The fourth-order valence-electron chi connectivity index (χ4n) is 2.28. The average molecular weight is 334 g/mol. The number of amides is 4. The number of carbonyl (C=O) groups is 3. The van der Waals surface area contributed by atoms with E-state index in [1.165, 1.54) is 11.3 Å². The number of aromatic nitrogens is 1. The largest absolute Gasteiger partial charge is 0.463 e. The van der Waals surface area contributed by atoms with E-state index in [1.807, 2.05) is 0 Å². The van der Waals surface area contributed by atoms with Gasteiger partial charge in [-0.25, -0.2) is 9.78 Å². The second kappa shape index (κ2) is 6.21. The van der Waals surface area contributed by atoms with E-state index < -0.39 is 23.9 Å². The minimum Gasteiger partial charge on any atom is -0.463 e. The zero-order valence-corrected chi connectivity index (χ0v) is 13.0. The molecule has 1 saturated heterocycles. The SMILES string of the molecule is CC1NC(=O)NC(=O)C1CC(=O)Nc1nc(-c2ccco2)cs1. The Morgan fingerprint density at radius 1 is 1.48 bits per heavy atom. The van der Waals surface area contributed by atoms with Crippen LogP contribution in [0.2, 0.25) is 0 Å². The maximum absolute atomic E-state index is 12.1. The summed E-state index contributed by atoms with van der Waals surface area (Å²) in [6.45, 7) is 1.69. The van der Waals surface area contributed by atoms with E-state index in [0.717, 1.165) is 0 Å². The van der Waals surface area contributed by atoms with Gasteiger partial charge in [0.15, 0.2) is 10.9 Å². The normalized spacial score (nSPS) is 20.7. The molecule has 4 amide bonds. The summed E-state index contributed by atoms with van der Waals surface area (Å²) in [7, 11) is 0. The number of thiazole rings is 1. The van der Waals surface area contributed by atoms with E-state index in [9.17, 15) is 14.4 Å². The van der Waals surface area contributed by atoms with Crippen LogP contribution in [0, 0.1) is 5.92 Å². The lowest BCUT2D eigenvalue weighted by atomic mass is 9.94. The molecule has 0 bridgehead atoms. The van der Waals surface area contributed by atoms with E-state index in [-0.39, 0.29) is 12.3 Å². The summed E-state index contributed by atoms with van der Waals surface area (Å²) in [4.78, 5) is 39.3. The number of nitrogens with zero attached hydrogens (tertiary/aromatic N) is 1. The van der Waals surface area contributed by atoms with E-state index in [4.69, 9.17) is 4.42 Å². The highest BCUT2D eigenvalue weighted by molar-refractivity contribution is 7.14. The maximum atomic E-state index is 12.1. The summed E-state index contributed by atoms with van der Waals surface area (Å²) in [6.07, 6.45) is 1.51. The molecule has 23 heavy (non-hydrogen) atoms. The standard InChI is InChI=1S/C14H14N4O4S/c1-7-8(12(20)18-13(21)15-7)5-11(19)17-14-16-9(6-23-14)10-3-2-4-22-10/h2-4,6-8H,5H2,1H3,(H,16,17,19)(H2,15,18,20,21). The van der Waals surface area contributed by atoms with E-state index in [2.05, 4.69) is 20.9 Å². The second-order valence-electron chi connectivity index (χ2n) is 5.13. The Bertz CT molecular complexity index is 740. The molecule has 0 aromatic carbocycles. The van der Waals surface area contributed by atoms with Crippen molar-refractivity contribution in [2.45, 2.75) is 19.4 Å². The van der Waals surface area contributed by atoms with Crippen LogP contribution in [-0.4, -0.2) is 28.9 Å². The summed E-state index contributed by atoms with van der Waals surface area (Å²) < 4.78 is 5.24. The predicted molar refractivity (Wildman–Crippen MR) is 82.7 cm³/mol. The Morgan fingerprint density at radius 3 is 3.00 bits per heavy atom. The van der Waals surface area contributed by atoms with Crippen molar-refractivity contribution in [3.8, 4) is 11.5 Å². The third-order valence-corrected chi connectivity index (χ3v) is 4.22. The quantitative estimate of drug-likeness (QED) is 0.785. The monoisotopic (exact) mass is 334 g/mol. The highest BCUT2D eigenvalue weighted by Gasteiger charge is 2.34. The fraction of sp³-hybridized carbons (Fsp3) is 0.286. The lowest BCUT2D eigenvalue weighted by Crippen LogP contribution is -2.57. The first kappa shape index (κ1) is 15.2. The smallest absolute Gasteiger partial charge is 0.321 e. The van der Waals surface area contributed by atoms with Crippen LogP contribution in [0.3, 0.4) is 0 Å². The minimum atomic E-state index is -0.614. The first-order valence-corrected chi connectivity index (χ1v) is 7.81. The Balaban J connectivity index is 1.61. The predicted octanol–water partition coefficient (Wildman–Crippen LogP) is 1.58. The molecule has 1 aliphatic heterocycles. The molecule has 2 atom stereocenters. The number of carbonyl (C=O) groups excluding carboxylic acids is 3. The van der Waals surface area contributed by atoms with Gasteiger partial charge in [-0.1, -0.05) is 0 Å². The average Bonchev–Trinajstić information content (AvgIpc) is 3.13. The van der Waals surface area contributed by atoms with Crippen molar-refractivity contribution in [1.29, 1.82) is 0 Å². The number of hydrogen-bond donors (Lipinski definition) is 3. The van der Waals surface area contributed by atoms with Crippen LogP contribution in [-0.2, 0) is 9.59 Å². The van der Waals surface area contributed by atoms with Crippen LogP contribution >= 0.6 is 11.3 Å². The number of nitrogens with one attached hydrogen (secondary N) is 3. The number of rotatable bonds is 4. The molecule has 0 radical (unpaired) electrons. The molecule has 3 rings (SSSR count).